The Kier molecular flexibility index (Phi) is 4.29. The van der Waals surface area contributed by atoms with Crippen molar-refractivity contribution < 1.29 is 9.53 Å². The molecule has 3 nitrogen and oxygen atoms in total. The van der Waals surface area contributed by atoms with Crippen LogP contribution in [0, 0.1) is 0 Å². The number of allylic oxidation sites excluding steroid dienone is 1. The first-order valence-corrected chi connectivity index (χ1v) is 5.13. The molecule has 80 valence electrons. The van der Waals surface area contributed by atoms with Crippen LogP contribution in [0.15, 0.2) is 12.2 Å². The van der Waals surface area contributed by atoms with Crippen LogP contribution in [0.2, 0.25) is 0 Å². The number of carbonyl (C=O) groups is 1. The molecule has 3 heteroatoms. The first kappa shape index (κ1) is 11.4. The Bertz CT molecular complexity index is 225. The van der Waals surface area contributed by atoms with E-state index >= 15 is 0 Å². The van der Waals surface area contributed by atoms with Gasteiger partial charge < -0.3 is 10.1 Å². The van der Waals surface area contributed by atoms with Gasteiger partial charge in [0.15, 0.2) is 5.78 Å². The van der Waals surface area contributed by atoms with Crippen molar-refractivity contribution in [3.8, 4) is 0 Å². The number of carbonyl (C=O) groups excluding carboxylic acids is 1. The molecule has 0 aromatic rings. The van der Waals surface area contributed by atoms with Crippen LogP contribution in [0.5, 0.6) is 0 Å². The van der Waals surface area contributed by atoms with Gasteiger partial charge in [-0.15, -0.1) is 0 Å². The lowest BCUT2D eigenvalue weighted by Gasteiger charge is -2.09. The molecule has 0 amide bonds. The minimum Gasteiger partial charge on any atom is -0.380 e. The lowest BCUT2D eigenvalue weighted by atomic mass is 10.0. The van der Waals surface area contributed by atoms with Gasteiger partial charge in [-0.05, 0) is 12.8 Å². The first-order valence-electron chi connectivity index (χ1n) is 5.13. The van der Waals surface area contributed by atoms with Gasteiger partial charge >= 0.3 is 0 Å². The predicted molar refractivity (Wildman–Crippen MR) is 56.3 cm³/mol. The molecule has 0 aromatic carbocycles. The molecule has 0 aliphatic carbocycles. The van der Waals surface area contributed by atoms with Crippen molar-refractivity contribution in [2.75, 3.05) is 13.7 Å². The maximum absolute atomic E-state index is 11.7. The molecular weight excluding hydrogens is 178 g/mol. The molecule has 1 saturated heterocycles. The maximum atomic E-state index is 11.7. The second kappa shape index (κ2) is 5.27. The molecule has 1 N–H and O–H groups in total. The van der Waals surface area contributed by atoms with Gasteiger partial charge in [0.05, 0.1) is 12.1 Å². The fourth-order valence-corrected chi connectivity index (χ4v) is 1.62. The van der Waals surface area contributed by atoms with Crippen LogP contribution in [-0.4, -0.2) is 31.6 Å². The van der Waals surface area contributed by atoms with Gasteiger partial charge in [0, 0.05) is 20.1 Å². The van der Waals surface area contributed by atoms with Crippen LogP contribution in [0.4, 0.5) is 0 Å². The summed E-state index contributed by atoms with van der Waals surface area (Å²) in [6.07, 6.45) is 2.38. The Morgan fingerprint density at radius 3 is 2.86 bits per heavy atom. The minimum atomic E-state index is -0.0248. The lowest BCUT2D eigenvalue weighted by Crippen LogP contribution is -2.30. The summed E-state index contributed by atoms with van der Waals surface area (Å²) < 4.78 is 5.19. The molecule has 14 heavy (non-hydrogen) atoms. The van der Waals surface area contributed by atoms with E-state index in [2.05, 4.69) is 11.9 Å². The summed E-state index contributed by atoms with van der Waals surface area (Å²) >= 11 is 0. The van der Waals surface area contributed by atoms with Gasteiger partial charge in [-0.1, -0.05) is 19.1 Å². The summed E-state index contributed by atoms with van der Waals surface area (Å²) in [5.41, 5.74) is 1.01. The van der Waals surface area contributed by atoms with Crippen molar-refractivity contribution in [2.45, 2.75) is 38.3 Å². The molecule has 1 heterocycles. The second-order valence-electron chi connectivity index (χ2n) is 3.80. The molecule has 1 aliphatic heterocycles. The van der Waals surface area contributed by atoms with E-state index in [4.69, 9.17) is 4.74 Å². The van der Waals surface area contributed by atoms with Crippen molar-refractivity contribution in [3.05, 3.63) is 12.2 Å². The summed E-state index contributed by atoms with van der Waals surface area (Å²) in [5.74, 6) is 0.247. The molecule has 0 bridgehead atoms. The molecule has 2 unspecified atom stereocenters. The first-order chi connectivity index (χ1) is 6.67. The normalized spacial score (nSPS) is 26.4. The third-order valence-electron chi connectivity index (χ3n) is 2.74. The monoisotopic (exact) mass is 197 g/mol. The second-order valence-corrected chi connectivity index (χ2v) is 3.80. The molecule has 2 atom stereocenters. The number of ether oxygens (including phenoxy) is 1. The number of rotatable bonds is 5. The molecule has 0 saturated carbocycles. The number of ketones is 1. The number of nitrogens with one attached hydrogen (secondary N) is 1. The molecule has 0 radical (unpaired) electrons. The molecule has 0 spiro atoms. The van der Waals surface area contributed by atoms with Crippen LogP contribution in [0.1, 0.15) is 26.2 Å². The standard InChI is InChI=1S/C11H19NO2/c1-4-8(2)5-11(13)10-6-9(14-3)7-12-10/h9-10,12H,2,4-7H2,1,3H3. The summed E-state index contributed by atoms with van der Waals surface area (Å²) in [7, 11) is 1.68. The highest BCUT2D eigenvalue weighted by Gasteiger charge is 2.28. The van der Waals surface area contributed by atoms with Crippen molar-refractivity contribution in [1.29, 1.82) is 0 Å². The molecule has 1 aliphatic rings. The fourth-order valence-electron chi connectivity index (χ4n) is 1.62. The molecule has 0 aromatic heterocycles. The van der Waals surface area contributed by atoms with Gasteiger partial charge in [-0.3, -0.25) is 4.79 Å². The highest BCUT2D eigenvalue weighted by Crippen LogP contribution is 2.14. The van der Waals surface area contributed by atoms with Gasteiger partial charge in [0.1, 0.15) is 0 Å². The van der Waals surface area contributed by atoms with Crippen LogP contribution in [0.25, 0.3) is 0 Å². The number of hydrogen-bond donors (Lipinski definition) is 1. The van der Waals surface area contributed by atoms with Crippen LogP contribution in [0.3, 0.4) is 0 Å². The third-order valence-corrected chi connectivity index (χ3v) is 2.74. The van der Waals surface area contributed by atoms with E-state index < -0.39 is 0 Å². The van der Waals surface area contributed by atoms with E-state index in [-0.39, 0.29) is 17.9 Å². The van der Waals surface area contributed by atoms with E-state index in [1.807, 2.05) is 6.92 Å². The zero-order chi connectivity index (χ0) is 10.6. The summed E-state index contributed by atoms with van der Waals surface area (Å²) in [6, 6.07) is -0.0248. The predicted octanol–water partition coefficient (Wildman–Crippen LogP) is 1.29. The Balaban J connectivity index is 2.35. The topological polar surface area (TPSA) is 38.3 Å². The molecule has 1 rings (SSSR count). The Morgan fingerprint density at radius 1 is 1.64 bits per heavy atom. The quantitative estimate of drug-likeness (QED) is 0.675. The molecule has 1 fully saturated rings. The summed E-state index contributed by atoms with van der Waals surface area (Å²) in [6.45, 7) is 6.65. The van der Waals surface area contributed by atoms with E-state index in [9.17, 15) is 4.79 Å². The van der Waals surface area contributed by atoms with Gasteiger partial charge in [-0.2, -0.15) is 0 Å². The zero-order valence-corrected chi connectivity index (χ0v) is 9.01. The third kappa shape index (κ3) is 2.93. The molecular formula is C11H19NO2. The van der Waals surface area contributed by atoms with Gasteiger partial charge in [0.25, 0.3) is 0 Å². The Morgan fingerprint density at radius 2 is 2.36 bits per heavy atom. The van der Waals surface area contributed by atoms with Gasteiger partial charge in [0.2, 0.25) is 0 Å². The Hall–Kier alpha value is -0.670. The Labute approximate surface area is 85.5 Å². The number of hydrogen-bond acceptors (Lipinski definition) is 3. The summed E-state index contributed by atoms with van der Waals surface area (Å²) in [4.78, 5) is 11.7. The van der Waals surface area contributed by atoms with E-state index in [1.165, 1.54) is 0 Å². The zero-order valence-electron chi connectivity index (χ0n) is 9.01. The number of Topliss-reactive ketones (excluding diaryl/α,β-unsaturated/α-hetero) is 1. The smallest absolute Gasteiger partial charge is 0.153 e. The fraction of sp³-hybridized carbons (Fsp3) is 0.727. The van der Waals surface area contributed by atoms with Crippen molar-refractivity contribution >= 4 is 5.78 Å². The SMILES string of the molecule is C=C(CC)CC(=O)C1CC(OC)CN1. The largest absolute Gasteiger partial charge is 0.380 e. The van der Waals surface area contributed by atoms with Crippen LogP contribution in [-0.2, 0) is 9.53 Å². The van der Waals surface area contributed by atoms with E-state index in [1.54, 1.807) is 7.11 Å². The van der Waals surface area contributed by atoms with Crippen LogP contribution < -0.4 is 5.32 Å². The lowest BCUT2D eigenvalue weighted by molar-refractivity contribution is -0.120. The van der Waals surface area contributed by atoms with E-state index in [0.717, 1.165) is 25.0 Å². The highest BCUT2D eigenvalue weighted by molar-refractivity contribution is 5.86. The minimum absolute atomic E-state index is 0.0248. The van der Waals surface area contributed by atoms with Crippen molar-refractivity contribution in [1.82, 2.24) is 5.32 Å². The summed E-state index contributed by atoms with van der Waals surface area (Å²) in [5, 5.41) is 3.17. The highest BCUT2D eigenvalue weighted by atomic mass is 16.5. The van der Waals surface area contributed by atoms with Crippen molar-refractivity contribution in [3.63, 3.8) is 0 Å². The maximum Gasteiger partial charge on any atom is 0.153 e. The van der Waals surface area contributed by atoms with Crippen molar-refractivity contribution in [2.24, 2.45) is 0 Å². The average molecular weight is 197 g/mol. The van der Waals surface area contributed by atoms with Gasteiger partial charge in [-0.25, -0.2) is 0 Å². The van der Waals surface area contributed by atoms with Crippen LogP contribution >= 0.6 is 0 Å². The number of methoxy groups -OCH3 is 1. The van der Waals surface area contributed by atoms with E-state index in [0.29, 0.717) is 6.42 Å². The average Bonchev–Trinajstić information content (AvgIpc) is 2.65.